The van der Waals surface area contributed by atoms with E-state index >= 15 is 0 Å². The lowest BCUT2D eigenvalue weighted by atomic mass is 10.1. The Labute approximate surface area is 90.1 Å². The van der Waals surface area contributed by atoms with Crippen LogP contribution in [0.4, 0.5) is 0 Å². The summed E-state index contributed by atoms with van der Waals surface area (Å²) in [6, 6.07) is 0. The zero-order chi connectivity index (χ0) is 10.5. The Hall–Kier alpha value is -0.520. The van der Waals surface area contributed by atoms with E-state index in [2.05, 4.69) is 38.2 Å². The Morgan fingerprint density at radius 2 is 0.929 bits per heavy atom. The second-order valence-corrected chi connectivity index (χ2v) is 3.80. The topological polar surface area (TPSA) is 0 Å². The molecule has 0 heteroatoms. The van der Waals surface area contributed by atoms with Gasteiger partial charge in [0.25, 0.3) is 0 Å². The predicted molar refractivity (Wildman–Crippen MR) is 66.6 cm³/mol. The van der Waals surface area contributed by atoms with Gasteiger partial charge in [0, 0.05) is 0 Å². The lowest BCUT2D eigenvalue weighted by Crippen LogP contribution is -1.73. The normalized spacial score (nSPS) is 11.9. The predicted octanol–water partition coefficient (Wildman–Crippen LogP) is 5.26. The van der Waals surface area contributed by atoms with Crippen LogP contribution in [0.5, 0.6) is 0 Å². The highest BCUT2D eigenvalue weighted by atomic mass is 13.9. The van der Waals surface area contributed by atoms with Gasteiger partial charge in [0.2, 0.25) is 0 Å². The summed E-state index contributed by atoms with van der Waals surface area (Å²) in [6.45, 7) is 4.45. The molecule has 0 amide bonds. The van der Waals surface area contributed by atoms with Gasteiger partial charge in [-0.2, -0.15) is 0 Å². The second kappa shape index (κ2) is 12.5. The molecule has 0 aliphatic heterocycles. The van der Waals surface area contributed by atoms with Crippen molar-refractivity contribution < 1.29 is 0 Å². The average Bonchev–Trinajstić information content (AvgIpc) is 2.21. The Morgan fingerprint density at radius 3 is 1.29 bits per heavy atom. The molecule has 0 aliphatic rings. The Balaban J connectivity index is 3.05. The fraction of sp³-hybridized carbons (Fsp3) is 0.714. The molecular formula is C14H26. The van der Waals surface area contributed by atoms with Gasteiger partial charge < -0.3 is 0 Å². The SMILES string of the molecule is CCC/C=C/CCCC/C=C/CCC. The number of hydrogen-bond acceptors (Lipinski definition) is 0. The fourth-order valence-electron chi connectivity index (χ4n) is 1.33. The maximum atomic E-state index is 2.33. The third kappa shape index (κ3) is 11.5. The molecule has 0 aliphatic carbocycles. The van der Waals surface area contributed by atoms with Crippen molar-refractivity contribution in [1.29, 1.82) is 0 Å². The first-order valence-electron chi connectivity index (χ1n) is 6.21. The van der Waals surface area contributed by atoms with Gasteiger partial charge in [0.05, 0.1) is 0 Å². The number of unbranched alkanes of at least 4 members (excludes halogenated alkanes) is 5. The molecular weight excluding hydrogens is 168 g/mol. The molecule has 0 unspecified atom stereocenters. The quantitative estimate of drug-likeness (QED) is 0.347. The molecule has 0 radical (unpaired) electrons. The minimum Gasteiger partial charge on any atom is -0.0885 e. The number of allylic oxidation sites excluding steroid dienone is 4. The summed E-state index contributed by atoms with van der Waals surface area (Å²) in [5.41, 5.74) is 0. The van der Waals surface area contributed by atoms with Crippen molar-refractivity contribution in [3.63, 3.8) is 0 Å². The van der Waals surface area contributed by atoms with E-state index in [0.717, 1.165) is 0 Å². The molecule has 0 saturated heterocycles. The van der Waals surface area contributed by atoms with E-state index in [1.165, 1.54) is 51.4 Å². The van der Waals surface area contributed by atoms with Crippen LogP contribution in [0.2, 0.25) is 0 Å². The van der Waals surface area contributed by atoms with E-state index < -0.39 is 0 Å². The molecule has 0 nitrogen and oxygen atoms in total. The van der Waals surface area contributed by atoms with E-state index in [4.69, 9.17) is 0 Å². The number of rotatable bonds is 9. The zero-order valence-electron chi connectivity index (χ0n) is 9.97. The highest BCUT2D eigenvalue weighted by Crippen LogP contribution is 2.03. The molecule has 0 spiro atoms. The summed E-state index contributed by atoms with van der Waals surface area (Å²) < 4.78 is 0. The highest BCUT2D eigenvalue weighted by molar-refractivity contribution is 4.83. The highest BCUT2D eigenvalue weighted by Gasteiger charge is 1.83. The summed E-state index contributed by atoms with van der Waals surface area (Å²) in [5, 5.41) is 0. The van der Waals surface area contributed by atoms with Crippen molar-refractivity contribution in [1.82, 2.24) is 0 Å². The molecule has 0 saturated carbocycles. The molecule has 0 heterocycles. The first-order chi connectivity index (χ1) is 6.91. The van der Waals surface area contributed by atoms with E-state index in [0.29, 0.717) is 0 Å². The van der Waals surface area contributed by atoms with Gasteiger partial charge in [-0.05, 0) is 38.5 Å². The summed E-state index contributed by atoms with van der Waals surface area (Å²) >= 11 is 0. The minimum atomic E-state index is 1.25. The first kappa shape index (κ1) is 13.5. The first-order valence-corrected chi connectivity index (χ1v) is 6.21. The zero-order valence-corrected chi connectivity index (χ0v) is 9.97. The standard InChI is InChI=1S/C14H26/c1-3-5-7-9-11-13-14-12-10-8-6-4-2/h7-10H,3-6,11-14H2,1-2H3/b9-7+,10-8+. The van der Waals surface area contributed by atoms with Crippen LogP contribution in [0.1, 0.15) is 65.2 Å². The van der Waals surface area contributed by atoms with Gasteiger partial charge in [-0.3, -0.25) is 0 Å². The Kier molecular flexibility index (Phi) is 12.0. The van der Waals surface area contributed by atoms with Gasteiger partial charge in [0.1, 0.15) is 0 Å². The summed E-state index contributed by atoms with van der Waals surface area (Å²) in [4.78, 5) is 0. The monoisotopic (exact) mass is 194 g/mol. The van der Waals surface area contributed by atoms with E-state index in [9.17, 15) is 0 Å². The maximum Gasteiger partial charge on any atom is -0.0351 e. The van der Waals surface area contributed by atoms with Gasteiger partial charge >= 0.3 is 0 Å². The van der Waals surface area contributed by atoms with Crippen LogP contribution in [0, 0.1) is 0 Å². The fourth-order valence-corrected chi connectivity index (χ4v) is 1.33. The van der Waals surface area contributed by atoms with Gasteiger partial charge in [-0.25, -0.2) is 0 Å². The Bertz CT molecular complexity index is 124. The molecule has 0 bridgehead atoms. The van der Waals surface area contributed by atoms with Crippen molar-refractivity contribution in [2.24, 2.45) is 0 Å². The molecule has 0 rings (SSSR count). The largest absolute Gasteiger partial charge is 0.0885 e. The van der Waals surface area contributed by atoms with Crippen molar-refractivity contribution in [2.75, 3.05) is 0 Å². The van der Waals surface area contributed by atoms with Gasteiger partial charge in [0.15, 0.2) is 0 Å². The Morgan fingerprint density at radius 1 is 0.571 bits per heavy atom. The maximum absolute atomic E-state index is 2.33. The molecule has 0 fully saturated rings. The van der Waals surface area contributed by atoms with Gasteiger partial charge in [-0.1, -0.05) is 51.0 Å². The van der Waals surface area contributed by atoms with E-state index in [1.807, 2.05) is 0 Å². The van der Waals surface area contributed by atoms with Crippen LogP contribution >= 0.6 is 0 Å². The van der Waals surface area contributed by atoms with Crippen LogP contribution < -0.4 is 0 Å². The third-order valence-electron chi connectivity index (χ3n) is 2.24. The number of hydrogen-bond donors (Lipinski definition) is 0. The smallest absolute Gasteiger partial charge is 0.0351 e. The summed E-state index contributed by atoms with van der Waals surface area (Å²) in [6.07, 6.45) is 19.5. The van der Waals surface area contributed by atoms with Crippen molar-refractivity contribution in [2.45, 2.75) is 65.2 Å². The van der Waals surface area contributed by atoms with E-state index in [-0.39, 0.29) is 0 Å². The lowest BCUT2D eigenvalue weighted by Gasteiger charge is -1.93. The summed E-state index contributed by atoms with van der Waals surface area (Å²) in [5.74, 6) is 0. The lowest BCUT2D eigenvalue weighted by molar-refractivity contribution is 0.757. The molecule has 0 N–H and O–H groups in total. The van der Waals surface area contributed by atoms with Crippen molar-refractivity contribution in [3.8, 4) is 0 Å². The van der Waals surface area contributed by atoms with Crippen LogP contribution in [-0.2, 0) is 0 Å². The van der Waals surface area contributed by atoms with Crippen LogP contribution in [0.25, 0.3) is 0 Å². The molecule has 0 atom stereocenters. The third-order valence-corrected chi connectivity index (χ3v) is 2.24. The molecule has 14 heavy (non-hydrogen) atoms. The molecule has 0 aromatic rings. The molecule has 0 aromatic carbocycles. The second-order valence-electron chi connectivity index (χ2n) is 3.80. The van der Waals surface area contributed by atoms with E-state index in [1.54, 1.807) is 0 Å². The van der Waals surface area contributed by atoms with Crippen molar-refractivity contribution in [3.05, 3.63) is 24.3 Å². The summed E-state index contributed by atoms with van der Waals surface area (Å²) in [7, 11) is 0. The minimum absolute atomic E-state index is 1.25. The molecule has 82 valence electrons. The van der Waals surface area contributed by atoms with Crippen LogP contribution in [0.3, 0.4) is 0 Å². The average molecular weight is 194 g/mol. The molecule has 0 aromatic heterocycles. The van der Waals surface area contributed by atoms with Crippen LogP contribution in [0.15, 0.2) is 24.3 Å². The van der Waals surface area contributed by atoms with Gasteiger partial charge in [-0.15, -0.1) is 0 Å². The van der Waals surface area contributed by atoms with Crippen LogP contribution in [-0.4, -0.2) is 0 Å². The van der Waals surface area contributed by atoms with Crippen molar-refractivity contribution >= 4 is 0 Å².